The molecule has 0 aromatic heterocycles. The lowest BCUT2D eigenvalue weighted by Gasteiger charge is -1.03. The van der Waals surface area contributed by atoms with E-state index in [1.807, 2.05) is 0 Å². The molecule has 76 valence electrons. The molecular formula is C16H12. The third-order valence-corrected chi connectivity index (χ3v) is 12.1. The van der Waals surface area contributed by atoms with Crippen LogP contribution in [0.3, 0.4) is 0 Å². The van der Waals surface area contributed by atoms with Gasteiger partial charge in [-0.05, 0) is 23.7 Å². The SMILES string of the molecule is C.C.C123C45C16C24C356.C123C45C16C24C356.C12C3C1C23. The molecule has 16 heavy (non-hydrogen) atoms. The van der Waals surface area contributed by atoms with Crippen LogP contribution in [0, 0.1) is 77.8 Å². The second-order valence-corrected chi connectivity index (χ2v) is 9.81. The molecule has 15 rings (SSSR count). The first-order chi connectivity index (χ1) is 7.00. The van der Waals surface area contributed by atoms with Crippen LogP contribution in [0.4, 0.5) is 0 Å². The van der Waals surface area contributed by atoms with Gasteiger partial charge >= 0.3 is 0 Å². The molecule has 0 saturated heterocycles. The summed E-state index contributed by atoms with van der Waals surface area (Å²) < 4.78 is 0. The molecule has 0 amide bonds. The Labute approximate surface area is 93.1 Å². The van der Waals surface area contributed by atoms with Crippen molar-refractivity contribution in [1.82, 2.24) is 0 Å². The Hall–Kier alpha value is 0. The molecule has 14 bridgehead atoms. The summed E-state index contributed by atoms with van der Waals surface area (Å²) in [5, 5.41) is 0. The predicted octanol–water partition coefficient (Wildman–Crippen LogP) is 1.76. The molecule has 0 nitrogen and oxygen atoms in total. The summed E-state index contributed by atoms with van der Waals surface area (Å²) in [7, 11) is 0. The van der Waals surface area contributed by atoms with Crippen LogP contribution < -0.4 is 0 Å². The standard InChI is InChI=1S/2C5.C4H4.2CH4/c2*1-2-3(1)4(1,2)5(1,2)3;1-2-3(1)4(1)2;;/h;;1-4H;2*1H4. The molecule has 15 aliphatic rings. The lowest BCUT2D eigenvalue weighted by Crippen LogP contribution is -1.00. The average Bonchev–Trinajstić information content (AvgIpc) is 2.66. The van der Waals surface area contributed by atoms with Crippen LogP contribution in [0.1, 0.15) is 14.9 Å². The van der Waals surface area contributed by atoms with Crippen LogP contribution in [0.15, 0.2) is 0 Å². The lowest BCUT2D eigenvalue weighted by atomic mass is 11.0. The molecule has 15 aliphatic carbocycles. The monoisotopic (exact) mass is 204 g/mol. The minimum Gasteiger partial charge on any atom is -0.0776 e. The Kier molecular flexibility index (Phi) is 0.189. The molecule has 15 saturated carbocycles. The van der Waals surface area contributed by atoms with Crippen LogP contribution in [0.5, 0.6) is 0 Å². The van der Waals surface area contributed by atoms with Gasteiger partial charge in [-0.2, -0.15) is 0 Å². The van der Waals surface area contributed by atoms with Gasteiger partial charge in [0.05, 0.1) is 0 Å². The van der Waals surface area contributed by atoms with E-state index in [9.17, 15) is 0 Å². The van der Waals surface area contributed by atoms with Gasteiger partial charge < -0.3 is 0 Å². The molecule has 0 heteroatoms. The minimum absolute atomic E-state index is 0. The number of hydrogen-bond acceptors (Lipinski definition) is 0. The van der Waals surface area contributed by atoms with Crippen molar-refractivity contribution in [3.05, 3.63) is 0 Å². The normalized spacial score (nSPS) is 147. The highest BCUT2D eigenvalue weighted by molar-refractivity contribution is 6.44. The Bertz CT molecular complexity index is 491. The molecule has 0 aromatic rings. The first kappa shape index (κ1) is 5.33. The molecule has 0 aromatic carbocycles. The maximum atomic E-state index is 1.33. The zero-order valence-corrected chi connectivity index (χ0v) is 7.31. The fourth-order valence-electron chi connectivity index (χ4n) is 10.5. The largest absolute Gasteiger partial charge is 0.0776 e. The van der Waals surface area contributed by atoms with E-state index in [4.69, 9.17) is 0 Å². The number of fused-ring (bicyclic) bond motifs is 1. The molecule has 0 heterocycles. The van der Waals surface area contributed by atoms with Gasteiger partial charge in [-0.15, -0.1) is 0 Å². The number of rotatable bonds is 0. The highest BCUT2D eigenvalue weighted by Crippen LogP contribution is 4.01. The maximum Gasteiger partial charge on any atom is 0 e. The van der Waals surface area contributed by atoms with Gasteiger partial charge in [-0.3, -0.25) is 0 Å². The smallest absolute Gasteiger partial charge is 0 e. The second kappa shape index (κ2) is 0.567. The summed E-state index contributed by atoms with van der Waals surface area (Å²) in [5.74, 6) is 5.33. The van der Waals surface area contributed by atoms with Gasteiger partial charge in [0.25, 0.3) is 0 Å². The molecule has 0 radical (unpaired) electrons. The summed E-state index contributed by atoms with van der Waals surface area (Å²) in [6.07, 6.45) is 0. The lowest BCUT2D eigenvalue weighted by molar-refractivity contribution is 1.43. The third-order valence-electron chi connectivity index (χ3n) is 12.1. The van der Waals surface area contributed by atoms with E-state index in [1.54, 1.807) is 0 Å². The van der Waals surface area contributed by atoms with Crippen LogP contribution in [0.25, 0.3) is 0 Å². The van der Waals surface area contributed by atoms with Gasteiger partial charge in [0.2, 0.25) is 0 Å². The van der Waals surface area contributed by atoms with E-state index in [0.717, 1.165) is 0 Å². The number of hydrogen-bond donors (Lipinski definition) is 0. The molecule has 0 N–H and O–H groups in total. The van der Waals surface area contributed by atoms with Crippen LogP contribution in [0.2, 0.25) is 0 Å². The summed E-state index contributed by atoms with van der Waals surface area (Å²) in [6.45, 7) is 0. The summed E-state index contributed by atoms with van der Waals surface area (Å²) in [5.41, 5.74) is 12.5. The van der Waals surface area contributed by atoms with Crippen molar-refractivity contribution in [2.75, 3.05) is 0 Å². The second-order valence-electron chi connectivity index (χ2n) is 9.81. The molecule has 0 atom stereocenters. The van der Waals surface area contributed by atoms with Crippen LogP contribution in [-0.4, -0.2) is 0 Å². The fourth-order valence-corrected chi connectivity index (χ4v) is 10.5. The Morgan fingerprint density at radius 3 is 0.438 bits per heavy atom. The summed E-state index contributed by atoms with van der Waals surface area (Å²) >= 11 is 0. The van der Waals surface area contributed by atoms with Crippen molar-refractivity contribution >= 4 is 0 Å². The highest BCUT2D eigenvalue weighted by Gasteiger charge is 4.01. The zero-order valence-electron chi connectivity index (χ0n) is 7.31. The van der Waals surface area contributed by atoms with Gasteiger partial charge in [0.1, 0.15) is 0 Å². The highest BCUT2D eigenvalue weighted by atomic mass is 16.0. The first-order valence-electron chi connectivity index (χ1n) is 7.00. The fraction of sp³-hybridized carbons (Fsp3) is 1.00. The molecule has 0 unspecified atom stereocenters. The van der Waals surface area contributed by atoms with E-state index in [2.05, 4.69) is 0 Å². The molecular weight excluding hydrogens is 192 g/mol. The first-order valence-corrected chi connectivity index (χ1v) is 7.00. The molecule has 15 fully saturated rings. The van der Waals surface area contributed by atoms with E-state index in [-0.39, 0.29) is 14.9 Å². The van der Waals surface area contributed by atoms with Gasteiger partial charge in [0, 0.05) is 54.1 Å². The quantitative estimate of drug-likeness (QED) is 0.564. The summed E-state index contributed by atoms with van der Waals surface area (Å²) in [6, 6.07) is 0. The van der Waals surface area contributed by atoms with Crippen LogP contribution in [-0.2, 0) is 0 Å². The van der Waals surface area contributed by atoms with Crippen molar-refractivity contribution in [3.63, 3.8) is 0 Å². The van der Waals surface area contributed by atoms with Crippen molar-refractivity contribution in [2.45, 2.75) is 14.9 Å². The van der Waals surface area contributed by atoms with E-state index in [0.29, 0.717) is 0 Å². The Morgan fingerprint density at radius 2 is 0.438 bits per heavy atom. The van der Waals surface area contributed by atoms with Gasteiger partial charge in [-0.1, -0.05) is 14.9 Å². The van der Waals surface area contributed by atoms with E-state index in [1.165, 1.54) is 77.8 Å². The van der Waals surface area contributed by atoms with Crippen molar-refractivity contribution in [2.24, 2.45) is 77.8 Å². The predicted molar refractivity (Wildman–Crippen MR) is 51.8 cm³/mol. The molecule has 0 aliphatic heterocycles. The van der Waals surface area contributed by atoms with Crippen LogP contribution >= 0.6 is 0 Å². The van der Waals surface area contributed by atoms with Gasteiger partial charge in [-0.25, -0.2) is 0 Å². The molecule has 2 spiro atoms. The minimum atomic E-state index is 0. The maximum absolute atomic E-state index is 1.33. The zero-order chi connectivity index (χ0) is 7.31. The summed E-state index contributed by atoms with van der Waals surface area (Å²) in [4.78, 5) is 0. The van der Waals surface area contributed by atoms with E-state index >= 15 is 0 Å². The Balaban J connectivity index is 0.0000000502. The Morgan fingerprint density at radius 1 is 0.312 bits per heavy atom. The van der Waals surface area contributed by atoms with Crippen molar-refractivity contribution in [1.29, 1.82) is 0 Å². The average molecular weight is 204 g/mol. The van der Waals surface area contributed by atoms with Gasteiger partial charge in [0.15, 0.2) is 0 Å². The van der Waals surface area contributed by atoms with Crippen molar-refractivity contribution in [3.8, 4) is 0 Å². The topological polar surface area (TPSA) is 0 Å². The van der Waals surface area contributed by atoms with E-state index < -0.39 is 0 Å². The van der Waals surface area contributed by atoms with Crippen molar-refractivity contribution < 1.29 is 0 Å². The third kappa shape index (κ3) is 0.0972.